The lowest BCUT2D eigenvalue weighted by atomic mass is 9.35. The van der Waals surface area contributed by atoms with Gasteiger partial charge in [-0.05, 0) is 91.3 Å². The molecule has 0 heterocycles. The second kappa shape index (κ2) is 6.34. The van der Waals surface area contributed by atoms with E-state index in [4.69, 9.17) is 0 Å². The van der Waals surface area contributed by atoms with Crippen LogP contribution in [0.15, 0.2) is 58.4 Å². The summed E-state index contributed by atoms with van der Waals surface area (Å²) in [6, 6.07) is 0. The van der Waals surface area contributed by atoms with Gasteiger partial charge in [0.05, 0.1) is 0 Å². The molecule has 0 unspecified atom stereocenters. The molecule has 5 rings (SSSR count). The Bertz CT molecular complexity index is 1020. The number of carbonyl (C=O) groups is 1. The van der Waals surface area contributed by atoms with Crippen molar-refractivity contribution in [3.63, 3.8) is 0 Å². The minimum Gasteiger partial charge on any atom is -0.504 e. The lowest BCUT2D eigenvalue weighted by Crippen LogP contribution is -2.61. The predicted molar refractivity (Wildman–Crippen MR) is 123 cm³/mol. The zero-order valence-corrected chi connectivity index (χ0v) is 19.5. The van der Waals surface area contributed by atoms with E-state index in [0.717, 1.165) is 56.1 Å². The van der Waals surface area contributed by atoms with Crippen molar-refractivity contribution in [3.8, 4) is 0 Å². The van der Waals surface area contributed by atoms with Crippen LogP contribution < -0.4 is 0 Å². The number of aliphatic hydroxyl groups excluding tert-OH is 2. The second-order valence-electron chi connectivity index (χ2n) is 11.7. The molecule has 3 fully saturated rings. The molecule has 3 saturated carbocycles. The first-order chi connectivity index (χ1) is 14.5. The summed E-state index contributed by atoms with van der Waals surface area (Å²) in [4.78, 5) is 12.5. The number of hydrogen-bond acceptors (Lipinski definition) is 3. The molecule has 5 aliphatic carbocycles. The van der Waals surface area contributed by atoms with E-state index >= 15 is 0 Å². The molecule has 0 aromatic carbocycles. The van der Waals surface area contributed by atoms with Crippen LogP contribution in [0.3, 0.4) is 0 Å². The van der Waals surface area contributed by atoms with Crippen molar-refractivity contribution in [1.29, 1.82) is 0 Å². The molecule has 3 heteroatoms. The van der Waals surface area contributed by atoms with Gasteiger partial charge in [0, 0.05) is 17.6 Å². The smallest absolute Gasteiger partial charge is 0.220 e. The molecule has 3 nitrogen and oxygen atoms in total. The molecule has 0 aromatic rings. The Morgan fingerprint density at radius 3 is 2.55 bits per heavy atom. The van der Waals surface area contributed by atoms with Crippen molar-refractivity contribution in [2.45, 2.75) is 72.6 Å². The third kappa shape index (κ3) is 2.42. The monoisotopic (exact) mass is 420 g/mol. The van der Waals surface area contributed by atoms with Gasteiger partial charge in [0.25, 0.3) is 0 Å². The third-order valence-electron chi connectivity index (χ3n) is 10.6. The predicted octanol–water partition coefficient (Wildman–Crippen LogP) is 6.14. The molecule has 0 radical (unpaired) electrons. The average molecular weight is 421 g/mol. The molecular formula is C28H36O3. The number of fused-ring (bicyclic) bond motifs is 7. The normalized spacial score (nSPS) is 44.4. The van der Waals surface area contributed by atoms with Crippen LogP contribution in [0, 0.1) is 27.6 Å². The van der Waals surface area contributed by atoms with Crippen LogP contribution in [0.5, 0.6) is 0 Å². The quantitative estimate of drug-likeness (QED) is 0.501. The summed E-state index contributed by atoms with van der Waals surface area (Å²) < 4.78 is 0. The number of allylic oxidation sites excluding steroid dienone is 8. The molecule has 166 valence electrons. The van der Waals surface area contributed by atoms with E-state index in [-0.39, 0.29) is 39.8 Å². The molecule has 0 spiro atoms. The fourth-order valence-corrected chi connectivity index (χ4v) is 8.27. The Balaban J connectivity index is 1.66. The van der Waals surface area contributed by atoms with E-state index in [1.165, 1.54) is 11.1 Å². The maximum Gasteiger partial charge on any atom is 0.220 e. The van der Waals surface area contributed by atoms with E-state index < -0.39 is 0 Å². The van der Waals surface area contributed by atoms with Crippen molar-refractivity contribution in [2.24, 2.45) is 27.6 Å². The standard InChI is InChI=1S/C28H36O3/c1-17-8-9-28(16-29)13-12-26(4)22-7-6-19-18(2)24(31)21(30)15-20(19)25(22,3)10-11-27(26,5)23(28)14-17/h6-7,15,23,29,31H,1,8-14,16H2,2-5H3/t23-,25-,26+,27-,28-/m0/s1. The van der Waals surface area contributed by atoms with E-state index in [0.29, 0.717) is 11.5 Å². The summed E-state index contributed by atoms with van der Waals surface area (Å²) >= 11 is 0. The summed E-state index contributed by atoms with van der Waals surface area (Å²) in [5.74, 6) is 0.0547. The van der Waals surface area contributed by atoms with Crippen molar-refractivity contribution in [2.75, 3.05) is 6.61 Å². The van der Waals surface area contributed by atoms with Gasteiger partial charge in [0.2, 0.25) is 5.78 Å². The van der Waals surface area contributed by atoms with Crippen molar-refractivity contribution in [1.82, 2.24) is 0 Å². The summed E-state index contributed by atoms with van der Waals surface area (Å²) in [5.41, 5.74) is 5.49. The van der Waals surface area contributed by atoms with Gasteiger partial charge in [-0.25, -0.2) is 0 Å². The zero-order chi connectivity index (χ0) is 22.4. The molecule has 5 atom stereocenters. The van der Waals surface area contributed by atoms with Gasteiger partial charge in [-0.1, -0.05) is 50.6 Å². The van der Waals surface area contributed by atoms with Crippen LogP contribution >= 0.6 is 0 Å². The van der Waals surface area contributed by atoms with Gasteiger partial charge in [0.15, 0.2) is 5.76 Å². The van der Waals surface area contributed by atoms with Crippen LogP contribution in [0.1, 0.15) is 72.6 Å². The van der Waals surface area contributed by atoms with Crippen LogP contribution in [-0.2, 0) is 4.79 Å². The molecule has 5 aliphatic rings. The van der Waals surface area contributed by atoms with Crippen LogP contribution in [0.2, 0.25) is 0 Å². The lowest BCUT2D eigenvalue weighted by molar-refractivity contribution is -0.154. The molecule has 31 heavy (non-hydrogen) atoms. The molecular weight excluding hydrogens is 384 g/mol. The van der Waals surface area contributed by atoms with Crippen LogP contribution in [0.4, 0.5) is 0 Å². The van der Waals surface area contributed by atoms with Crippen LogP contribution in [0.25, 0.3) is 0 Å². The van der Waals surface area contributed by atoms with Crippen molar-refractivity contribution >= 4 is 5.78 Å². The van der Waals surface area contributed by atoms with E-state index in [1.807, 2.05) is 6.92 Å². The van der Waals surface area contributed by atoms with Gasteiger partial charge < -0.3 is 10.2 Å². The highest BCUT2D eigenvalue weighted by Crippen LogP contribution is 2.74. The van der Waals surface area contributed by atoms with Gasteiger partial charge in [-0.2, -0.15) is 0 Å². The number of aliphatic hydroxyl groups is 2. The number of hydrogen-bond donors (Lipinski definition) is 2. The molecule has 0 saturated heterocycles. The van der Waals surface area contributed by atoms with Crippen molar-refractivity contribution < 1.29 is 15.0 Å². The largest absolute Gasteiger partial charge is 0.504 e. The molecule has 2 N–H and O–H groups in total. The first kappa shape index (κ1) is 21.0. The minimum atomic E-state index is -0.267. The summed E-state index contributed by atoms with van der Waals surface area (Å²) in [5, 5.41) is 20.8. The van der Waals surface area contributed by atoms with Gasteiger partial charge in [-0.3, -0.25) is 4.79 Å². The van der Waals surface area contributed by atoms with E-state index in [9.17, 15) is 15.0 Å². The second-order valence-corrected chi connectivity index (χ2v) is 11.7. The SMILES string of the molecule is C=C1CC[C@@]2(CO)CC[C@]3(C)C4=CC=C5C(=CC(=O)C(O)=C5C)[C@]4(C)CC[C@@]3(C)[C@@H]2C1. The molecule has 0 bridgehead atoms. The average Bonchev–Trinajstić information content (AvgIpc) is 2.74. The molecule has 0 aromatic heterocycles. The van der Waals surface area contributed by atoms with Crippen molar-refractivity contribution in [3.05, 3.63) is 58.4 Å². The zero-order valence-electron chi connectivity index (χ0n) is 19.5. The Hall–Kier alpha value is -1.87. The van der Waals surface area contributed by atoms with Gasteiger partial charge in [-0.15, -0.1) is 0 Å². The Labute approximate surface area is 186 Å². The number of carbonyl (C=O) groups excluding carboxylic acids is 1. The highest BCUT2D eigenvalue weighted by atomic mass is 16.3. The summed E-state index contributed by atoms with van der Waals surface area (Å²) in [6.45, 7) is 13.7. The van der Waals surface area contributed by atoms with E-state index in [1.54, 1.807) is 6.08 Å². The highest BCUT2D eigenvalue weighted by Gasteiger charge is 2.66. The lowest BCUT2D eigenvalue weighted by Gasteiger charge is -2.69. The van der Waals surface area contributed by atoms with Gasteiger partial charge in [0.1, 0.15) is 0 Å². The molecule has 0 aliphatic heterocycles. The third-order valence-corrected chi connectivity index (χ3v) is 10.6. The topological polar surface area (TPSA) is 57.5 Å². The maximum atomic E-state index is 12.5. The molecule has 0 amide bonds. The maximum absolute atomic E-state index is 12.5. The fraction of sp³-hybridized carbons (Fsp3) is 0.607. The van der Waals surface area contributed by atoms with Gasteiger partial charge >= 0.3 is 0 Å². The van der Waals surface area contributed by atoms with Crippen LogP contribution in [-0.4, -0.2) is 22.6 Å². The highest BCUT2D eigenvalue weighted by molar-refractivity contribution is 6.06. The first-order valence-electron chi connectivity index (χ1n) is 11.9. The fourth-order valence-electron chi connectivity index (χ4n) is 8.27. The summed E-state index contributed by atoms with van der Waals surface area (Å²) in [7, 11) is 0. The number of ketones is 1. The Morgan fingerprint density at radius 2 is 1.84 bits per heavy atom. The van der Waals surface area contributed by atoms with E-state index in [2.05, 4.69) is 39.5 Å². The number of rotatable bonds is 1. The first-order valence-corrected chi connectivity index (χ1v) is 11.9. The minimum absolute atomic E-state index is 0.00395. The Morgan fingerprint density at radius 1 is 1.10 bits per heavy atom. The Kier molecular flexibility index (Phi) is 4.30. The summed E-state index contributed by atoms with van der Waals surface area (Å²) in [6.07, 6.45) is 13.4.